The van der Waals surface area contributed by atoms with Crippen LogP contribution < -0.4 is 14.9 Å². The van der Waals surface area contributed by atoms with E-state index in [4.69, 9.17) is 9.47 Å². The van der Waals surface area contributed by atoms with Crippen molar-refractivity contribution in [3.8, 4) is 0 Å². The van der Waals surface area contributed by atoms with E-state index in [-0.39, 0.29) is 17.2 Å². The second-order valence-electron chi connectivity index (χ2n) is 8.06. The first-order valence-corrected chi connectivity index (χ1v) is 11.6. The maximum absolute atomic E-state index is 13.6. The summed E-state index contributed by atoms with van der Waals surface area (Å²) in [5.41, 5.74) is 2.44. The number of carbonyl (C=O) groups excluding carboxylic acids is 2. The third kappa shape index (κ3) is 4.49. The number of methoxy groups -OCH3 is 1. The fraction of sp³-hybridized carbons (Fsp3) is 0.231. The van der Waals surface area contributed by atoms with E-state index in [0.717, 1.165) is 5.56 Å². The summed E-state index contributed by atoms with van der Waals surface area (Å²) in [6, 6.07) is 15.5. The third-order valence-electron chi connectivity index (χ3n) is 5.33. The molecule has 3 aromatic rings. The summed E-state index contributed by atoms with van der Waals surface area (Å²) in [6.07, 6.45) is 1.48. The Hall–Kier alpha value is -3.78. The van der Waals surface area contributed by atoms with E-state index in [9.17, 15) is 14.4 Å². The molecule has 1 aliphatic heterocycles. The topological polar surface area (TPSA) is 87.0 Å². The summed E-state index contributed by atoms with van der Waals surface area (Å²) < 4.78 is 12.3. The number of allylic oxidation sites excluding steroid dienone is 1. The predicted molar refractivity (Wildman–Crippen MR) is 129 cm³/mol. The summed E-state index contributed by atoms with van der Waals surface area (Å²) >= 11 is 1.27. The van der Waals surface area contributed by atoms with Crippen molar-refractivity contribution in [2.45, 2.75) is 32.9 Å². The van der Waals surface area contributed by atoms with E-state index >= 15 is 0 Å². The quantitative estimate of drug-likeness (QED) is 0.529. The molecule has 0 bridgehead atoms. The highest BCUT2D eigenvalue weighted by molar-refractivity contribution is 7.07. The van der Waals surface area contributed by atoms with Crippen LogP contribution in [0.3, 0.4) is 0 Å². The van der Waals surface area contributed by atoms with Gasteiger partial charge >= 0.3 is 11.9 Å². The van der Waals surface area contributed by atoms with Crippen LogP contribution in [0.15, 0.2) is 75.7 Å². The number of carbonyl (C=O) groups is 2. The molecule has 0 spiro atoms. The lowest BCUT2D eigenvalue weighted by atomic mass is 9.95. The van der Waals surface area contributed by atoms with Crippen LogP contribution in [0.5, 0.6) is 0 Å². The number of thiazole rings is 1. The number of esters is 2. The zero-order valence-corrected chi connectivity index (χ0v) is 20.1. The molecule has 1 atom stereocenters. The Morgan fingerprint density at radius 2 is 1.74 bits per heavy atom. The fourth-order valence-corrected chi connectivity index (χ4v) is 4.84. The van der Waals surface area contributed by atoms with Gasteiger partial charge in [-0.25, -0.2) is 14.6 Å². The van der Waals surface area contributed by atoms with Gasteiger partial charge in [-0.15, -0.1) is 0 Å². The molecule has 7 nitrogen and oxygen atoms in total. The number of nitrogens with zero attached hydrogens (tertiary/aromatic N) is 2. The molecule has 1 aromatic heterocycles. The summed E-state index contributed by atoms with van der Waals surface area (Å²) in [7, 11) is 1.31. The van der Waals surface area contributed by atoms with Crippen molar-refractivity contribution in [1.82, 2.24) is 4.57 Å². The molecule has 0 amide bonds. The highest BCUT2D eigenvalue weighted by Gasteiger charge is 2.33. The summed E-state index contributed by atoms with van der Waals surface area (Å²) in [5.74, 6) is -1.000. The standard InChI is InChI=1S/C26H24N2O5S/c1-15(2)33-25(31)21-16(3)27-26-28(22(21)18-10-12-19(13-11-18)24(30)32-4)23(29)20(34-26)14-17-8-6-5-7-9-17/h5-15,22H,1-4H3. The minimum atomic E-state index is -0.743. The first-order valence-electron chi connectivity index (χ1n) is 10.8. The molecule has 0 N–H and O–H groups in total. The van der Waals surface area contributed by atoms with Gasteiger partial charge in [-0.1, -0.05) is 53.8 Å². The molecule has 0 saturated heterocycles. The van der Waals surface area contributed by atoms with Crippen molar-refractivity contribution in [2.75, 3.05) is 7.11 Å². The smallest absolute Gasteiger partial charge is 0.338 e. The van der Waals surface area contributed by atoms with Crippen LogP contribution in [0.1, 0.15) is 48.3 Å². The fourth-order valence-electron chi connectivity index (χ4n) is 3.80. The van der Waals surface area contributed by atoms with E-state index in [1.807, 2.05) is 36.4 Å². The van der Waals surface area contributed by atoms with Crippen LogP contribution in [-0.4, -0.2) is 29.7 Å². The van der Waals surface area contributed by atoms with Crippen molar-refractivity contribution in [1.29, 1.82) is 0 Å². The molecule has 1 aliphatic rings. The van der Waals surface area contributed by atoms with Crippen LogP contribution >= 0.6 is 11.3 Å². The van der Waals surface area contributed by atoms with E-state index < -0.39 is 18.0 Å². The van der Waals surface area contributed by atoms with Crippen LogP contribution in [0.2, 0.25) is 0 Å². The molecule has 4 rings (SSSR count). The van der Waals surface area contributed by atoms with Gasteiger partial charge in [0, 0.05) is 0 Å². The number of hydrogen-bond donors (Lipinski definition) is 0. The van der Waals surface area contributed by atoms with Gasteiger partial charge in [0.25, 0.3) is 5.56 Å². The second kappa shape index (κ2) is 9.61. The van der Waals surface area contributed by atoms with E-state index in [2.05, 4.69) is 4.99 Å². The molecule has 0 aliphatic carbocycles. The molecule has 34 heavy (non-hydrogen) atoms. The van der Waals surface area contributed by atoms with Gasteiger partial charge < -0.3 is 9.47 Å². The Kier molecular flexibility index (Phi) is 6.61. The number of aromatic nitrogens is 1. The lowest BCUT2D eigenvalue weighted by Crippen LogP contribution is -2.40. The zero-order valence-electron chi connectivity index (χ0n) is 19.3. The molecular weight excluding hydrogens is 452 g/mol. The number of benzene rings is 2. The number of hydrogen-bond acceptors (Lipinski definition) is 7. The average molecular weight is 477 g/mol. The highest BCUT2D eigenvalue weighted by atomic mass is 32.1. The number of ether oxygens (including phenoxy) is 2. The average Bonchev–Trinajstić information content (AvgIpc) is 3.12. The van der Waals surface area contributed by atoms with E-state index in [1.54, 1.807) is 45.0 Å². The van der Waals surface area contributed by atoms with Crippen molar-refractivity contribution in [3.63, 3.8) is 0 Å². The maximum atomic E-state index is 13.6. The first kappa shape index (κ1) is 23.4. The van der Waals surface area contributed by atoms with Crippen LogP contribution in [-0.2, 0) is 14.3 Å². The highest BCUT2D eigenvalue weighted by Crippen LogP contribution is 2.31. The molecule has 0 radical (unpaired) electrons. The Balaban J connectivity index is 1.92. The van der Waals surface area contributed by atoms with Crippen LogP contribution in [0, 0.1) is 0 Å². The van der Waals surface area contributed by atoms with Gasteiger partial charge in [0.1, 0.15) is 0 Å². The Morgan fingerprint density at radius 3 is 2.35 bits per heavy atom. The Morgan fingerprint density at radius 1 is 1.06 bits per heavy atom. The summed E-state index contributed by atoms with van der Waals surface area (Å²) in [6.45, 7) is 5.27. The Bertz CT molecular complexity index is 1450. The van der Waals surface area contributed by atoms with Gasteiger partial charge in [0.05, 0.1) is 40.6 Å². The predicted octanol–water partition coefficient (Wildman–Crippen LogP) is 2.97. The normalized spacial score (nSPS) is 15.7. The molecular formula is C26H24N2O5S. The molecule has 1 unspecified atom stereocenters. The second-order valence-corrected chi connectivity index (χ2v) is 9.07. The van der Waals surface area contributed by atoms with E-state index in [0.29, 0.717) is 26.2 Å². The molecule has 0 fully saturated rings. The van der Waals surface area contributed by atoms with Crippen molar-refractivity contribution >= 4 is 29.4 Å². The summed E-state index contributed by atoms with van der Waals surface area (Å²) in [5, 5.41) is 0. The molecule has 174 valence electrons. The minimum absolute atomic E-state index is 0.253. The van der Waals surface area contributed by atoms with E-state index in [1.165, 1.54) is 23.0 Å². The van der Waals surface area contributed by atoms with Crippen LogP contribution in [0.25, 0.3) is 6.08 Å². The lowest BCUT2D eigenvalue weighted by Gasteiger charge is -2.25. The van der Waals surface area contributed by atoms with Crippen LogP contribution in [0.4, 0.5) is 0 Å². The van der Waals surface area contributed by atoms with Gasteiger partial charge in [-0.3, -0.25) is 9.36 Å². The van der Waals surface area contributed by atoms with Gasteiger partial charge in [-0.2, -0.15) is 0 Å². The maximum Gasteiger partial charge on any atom is 0.338 e. The van der Waals surface area contributed by atoms with Crippen molar-refractivity contribution < 1.29 is 19.1 Å². The monoisotopic (exact) mass is 476 g/mol. The minimum Gasteiger partial charge on any atom is -0.465 e. The van der Waals surface area contributed by atoms with Gasteiger partial charge in [0.15, 0.2) is 4.80 Å². The van der Waals surface area contributed by atoms with Gasteiger partial charge in [-0.05, 0) is 50.1 Å². The molecule has 8 heteroatoms. The van der Waals surface area contributed by atoms with Gasteiger partial charge in [0.2, 0.25) is 0 Å². The largest absolute Gasteiger partial charge is 0.465 e. The summed E-state index contributed by atoms with van der Waals surface area (Å²) in [4.78, 5) is 43.6. The number of fused-ring (bicyclic) bond motifs is 1. The molecule has 0 saturated carbocycles. The zero-order chi connectivity index (χ0) is 24.4. The van der Waals surface area contributed by atoms with Crippen molar-refractivity contribution in [3.05, 3.63) is 102 Å². The molecule has 2 heterocycles. The third-order valence-corrected chi connectivity index (χ3v) is 6.31. The Labute approximate surface area is 200 Å². The number of rotatable bonds is 5. The van der Waals surface area contributed by atoms with Crippen molar-refractivity contribution in [2.24, 2.45) is 4.99 Å². The SMILES string of the molecule is COC(=O)c1ccc(C2C(C(=O)OC(C)C)=C(C)N=c3sc(=Cc4ccccc4)c(=O)n32)cc1. The first-order chi connectivity index (χ1) is 16.3. The lowest BCUT2D eigenvalue weighted by molar-refractivity contribution is -0.143. The molecule has 2 aromatic carbocycles.